The van der Waals surface area contributed by atoms with Crippen molar-refractivity contribution in [2.24, 2.45) is 17.3 Å². The normalized spacial score (nSPS) is 14.7. The fourth-order valence-corrected chi connectivity index (χ4v) is 4.56. The Morgan fingerprint density at radius 1 is 1.12 bits per heavy atom. The molecule has 1 aromatic carbocycles. The van der Waals surface area contributed by atoms with Gasteiger partial charge in [0.25, 0.3) is 0 Å². The Bertz CT molecular complexity index is 900. The number of rotatable bonds is 10. The van der Waals surface area contributed by atoms with Gasteiger partial charge in [-0.2, -0.15) is 5.26 Å². The third-order valence-corrected chi connectivity index (χ3v) is 6.74. The first-order valence-corrected chi connectivity index (χ1v) is 11.9. The minimum atomic E-state index is -1.10. The van der Waals surface area contributed by atoms with E-state index in [1.54, 1.807) is 32.0 Å². The Labute approximate surface area is 201 Å². The van der Waals surface area contributed by atoms with Gasteiger partial charge >= 0.3 is 5.97 Å². The van der Waals surface area contributed by atoms with Crippen LogP contribution in [0.15, 0.2) is 29.2 Å². The van der Waals surface area contributed by atoms with Crippen LogP contribution in [-0.4, -0.2) is 41.2 Å². The van der Waals surface area contributed by atoms with Crippen LogP contribution in [0.1, 0.15) is 60.5 Å². The second-order valence-corrected chi connectivity index (χ2v) is 11.5. The van der Waals surface area contributed by atoms with Crippen molar-refractivity contribution in [1.82, 2.24) is 10.6 Å². The van der Waals surface area contributed by atoms with Crippen LogP contribution < -0.4 is 10.6 Å². The lowest BCUT2D eigenvalue weighted by molar-refractivity contribution is -0.141. The Morgan fingerprint density at radius 3 is 2.18 bits per heavy atom. The van der Waals surface area contributed by atoms with E-state index < -0.39 is 39.9 Å². The molecule has 0 aliphatic heterocycles. The van der Waals surface area contributed by atoms with Gasteiger partial charge in [0.05, 0.1) is 17.4 Å². The molecule has 0 unspecified atom stereocenters. The second kappa shape index (κ2) is 11.6. The lowest BCUT2D eigenvalue weighted by Gasteiger charge is -2.32. The third kappa shape index (κ3) is 8.08. The van der Waals surface area contributed by atoms with E-state index >= 15 is 0 Å². The molecule has 1 rings (SSSR count). The number of carboxylic acids is 1. The lowest BCUT2D eigenvalue weighted by Crippen LogP contribution is -2.55. The lowest BCUT2D eigenvalue weighted by atomic mass is 9.85. The smallest absolute Gasteiger partial charge is 0.317 e. The Kier molecular flexibility index (Phi) is 9.98. The average Bonchev–Trinajstić information content (AvgIpc) is 2.72. The van der Waals surface area contributed by atoms with Gasteiger partial charge in [-0.05, 0) is 49.3 Å². The van der Waals surface area contributed by atoms with Crippen molar-refractivity contribution < 1.29 is 19.5 Å². The molecule has 33 heavy (non-hydrogen) atoms. The van der Waals surface area contributed by atoms with Crippen molar-refractivity contribution in [3.8, 4) is 6.07 Å². The molecule has 0 aliphatic carbocycles. The second-order valence-electron chi connectivity index (χ2n) is 10.3. The topological polar surface area (TPSA) is 119 Å². The quantitative estimate of drug-likeness (QED) is 0.441. The van der Waals surface area contributed by atoms with Crippen molar-refractivity contribution >= 4 is 29.5 Å². The average molecular weight is 476 g/mol. The molecule has 0 heterocycles. The van der Waals surface area contributed by atoms with Crippen molar-refractivity contribution in [2.75, 3.05) is 7.05 Å². The first kappa shape index (κ1) is 28.5. The molecule has 182 valence electrons. The summed E-state index contributed by atoms with van der Waals surface area (Å²) >= 11 is 1.09. The number of carbonyl (C=O) groups excluding carboxylic acids is 2. The van der Waals surface area contributed by atoms with Crippen LogP contribution in [0.3, 0.4) is 0 Å². The molecule has 3 atom stereocenters. The standard InChI is InChI=1S/C25H37N3O4S/c1-15(2)12-18(21(29)28-20(22(30)27-8)24(3,4)5)19(23(31)32)33-17-11-9-10-16(13-17)25(6,7)14-26/h9-11,13,15,18-20H,12H2,1-8H3,(H,27,30)(H,28,29)(H,31,32)/t18-,19+,20-/m1/s1. The van der Waals surface area contributed by atoms with E-state index in [-0.39, 0.29) is 11.8 Å². The van der Waals surface area contributed by atoms with Crippen molar-refractivity contribution in [3.63, 3.8) is 0 Å². The Hall–Kier alpha value is -2.53. The van der Waals surface area contributed by atoms with E-state index in [1.807, 2.05) is 40.7 Å². The van der Waals surface area contributed by atoms with Gasteiger partial charge in [-0.1, -0.05) is 46.8 Å². The maximum atomic E-state index is 13.4. The molecule has 0 radical (unpaired) electrons. The summed E-state index contributed by atoms with van der Waals surface area (Å²) in [6.45, 7) is 13.0. The zero-order valence-electron chi connectivity index (χ0n) is 20.9. The summed E-state index contributed by atoms with van der Waals surface area (Å²) in [5.41, 5.74) is -0.505. The number of carboxylic acid groups (broad SMARTS) is 1. The number of likely N-dealkylation sites (N-methyl/N-ethyl adjacent to an activating group) is 1. The molecule has 8 heteroatoms. The van der Waals surface area contributed by atoms with Crippen LogP contribution in [0.5, 0.6) is 0 Å². The van der Waals surface area contributed by atoms with Crippen molar-refractivity contribution in [3.05, 3.63) is 29.8 Å². The summed E-state index contributed by atoms with van der Waals surface area (Å²) in [4.78, 5) is 38.8. The predicted molar refractivity (Wildman–Crippen MR) is 131 cm³/mol. The highest BCUT2D eigenvalue weighted by Gasteiger charge is 2.39. The summed E-state index contributed by atoms with van der Waals surface area (Å²) in [5.74, 6) is -2.67. The maximum absolute atomic E-state index is 13.4. The molecule has 0 spiro atoms. The predicted octanol–water partition coefficient (Wildman–Crippen LogP) is 3.97. The number of aliphatic carboxylic acids is 1. The fourth-order valence-electron chi connectivity index (χ4n) is 3.42. The highest BCUT2D eigenvalue weighted by Crippen LogP contribution is 2.35. The molecule has 1 aromatic rings. The molecule has 0 fully saturated rings. The minimum absolute atomic E-state index is 0.0696. The van der Waals surface area contributed by atoms with E-state index in [1.165, 1.54) is 7.05 Å². The van der Waals surface area contributed by atoms with E-state index in [0.717, 1.165) is 17.3 Å². The van der Waals surface area contributed by atoms with E-state index in [9.17, 15) is 24.8 Å². The molecule has 3 N–H and O–H groups in total. The number of hydrogen-bond donors (Lipinski definition) is 3. The number of nitriles is 1. The highest BCUT2D eigenvalue weighted by molar-refractivity contribution is 8.00. The summed E-state index contributed by atoms with van der Waals surface area (Å²) < 4.78 is 0. The zero-order chi connectivity index (χ0) is 25.6. The molecule has 0 saturated carbocycles. The van der Waals surface area contributed by atoms with E-state index in [2.05, 4.69) is 16.7 Å². The van der Waals surface area contributed by atoms with Gasteiger partial charge in [0, 0.05) is 11.9 Å². The van der Waals surface area contributed by atoms with E-state index in [0.29, 0.717) is 11.3 Å². The number of nitrogens with one attached hydrogen (secondary N) is 2. The van der Waals surface area contributed by atoms with Crippen LogP contribution in [0.2, 0.25) is 0 Å². The molecule has 0 saturated heterocycles. The summed E-state index contributed by atoms with van der Waals surface area (Å²) in [7, 11) is 1.50. The van der Waals surface area contributed by atoms with Crippen LogP contribution in [-0.2, 0) is 19.8 Å². The van der Waals surface area contributed by atoms with Gasteiger partial charge in [-0.25, -0.2) is 0 Å². The number of amides is 2. The van der Waals surface area contributed by atoms with Gasteiger partial charge in [0.2, 0.25) is 11.8 Å². The highest BCUT2D eigenvalue weighted by atomic mass is 32.2. The number of hydrogen-bond acceptors (Lipinski definition) is 5. The van der Waals surface area contributed by atoms with Crippen LogP contribution in [0.25, 0.3) is 0 Å². The molecule has 7 nitrogen and oxygen atoms in total. The number of benzene rings is 1. The maximum Gasteiger partial charge on any atom is 0.317 e. The van der Waals surface area contributed by atoms with Crippen molar-refractivity contribution in [1.29, 1.82) is 5.26 Å². The molecule has 0 aliphatic rings. The molecular formula is C25H37N3O4S. The van der Waals surface area contributed by atoms with Crippen LogP contribution >= 0.6 is 11.8 Å². The van der Waals surface area contributed by atoms with Gasteiger partial charge in [-0.3, -0.25) is 14.4 Å². The van der Waals surface area contributed by atoms with Gasteiger partial charge in [0.1, 0.15) is 11.3 Å². The Morgan fingerprint density at radius 2 is 1.73 bits per heavy atom. The summed E-state index contributed by atoms with van der Waals surface area (Å²) in [6.07, 6.45) is 0.351. The van der Waals surface area contributed by atoms with Crippen LogP contribution in [0, 0.1) is 28.6 Å². The van der Waals surface area contributed by atoms with Crippen molar-refractivity contribution in [2.45, 2.75) is 76.5 Å². The van der Waals surface area contributed by atoms with Gasteiger partial charge in [0.15, 0.2) is 0 Å². The SMILES string of the molecule is CNC(=O)[C@@H](NC(=O)[C@H](CC(C)C)[C@H](Sc1cccc(C(C)(C)C#N)c1)C(=O)O)C(C)(C)C. The largest absolute Gasteiger partial charge is 0.480 e. The summed E-state index contributed by atoms with van der Waals surface area (Å²) in [5, 5.41) is 23.8. The number of carbonyl (C=O) groups is 3. The number of nitrogens with zero attached hydrogens (tertiary/aromatic N) is 1. The monoisotopic (exact) mass is 475 g/mol. The molecule has 0 bridgehead atoms. The van der Waals surface area contributed by atoms with Gasteiger partial charge < -0.3 is 15.7 Å². The third-order valence-electron chi connectivity index (χ3n) is 5.43. The summed E-state index contributed by atoms with van der Waals surface area (Å²) in [6, 6.07) is 8.65. The molecule has 2 amide bonds. The Balaban J connectivity index is 3.33. The number of thioether (sulfide) groups is 1. The first-order valence-electron chi connectivity index (χ1n) is 11.1. The first-order chi connectivity index (χ1) is 15.1. The molecular weight excluding hydrogens is 438 g/mol. The minimum Gasteiger partial charge on any atom is -0.480 e. The van der Waals surface area contributed by atoms with Crippen LogP contribution in [0.4, 0.5) is 0 Å². The molecule has 0 aromatic heterocycles. The zero-order valence-corrected chi connectivity index (χ0v) is 21.7. The fraction of sp³-hybridized carbons (Fsp3) is 0.600. The van der Waals surface area contributed by atoms with E-state index in [4.69, 9.17) is 0 Å². The van der Waals surface area contributed by atoms with Gasteiger partial charge in [-0.15, -0.1) is 11.8 Å².